The van der Waals surface area contributed by atoms with Gasteiger partial charge >= 0.3 is 6.18 Å². The number of carbonyl (C=O) groups is 1. The van der Waals surface area contributed by atoms with Crippen molar-refractivity contribution in [2.45, 2.75) is 45.8 Å². The number of halogens is 3. The molecule has 1 aliphatic rings. The van der Waals surface area contributed by atoms with Gasteiger partial charge in [-0.25, -0.2) is 0 Å². The fraction of sp³-hybridized carbons (Fsp3) is 0.733. The van der Waals surface area contributed by atoms with Crippen LogP contribution in [0.4, 0.5) is 13.2 Å². The summed E-state index contributed by atoms with van der Waals surface area (Å²) in [6, 6.07) is 0. The van der Waals surface area contributed by atoms with Crippen LogP contribution in [-0.2, 0) is 11.7 Å². The lowest BCUT2D eigenvalue weighted by Gasteiger charge is -2.25. The third kappa shape index (κ3) is 3.36. The molecule has 1 aromatic rings. The van der Waals surface area contributed by atoms with Crippen LogP contribution in [-0.4, -0.2) is 40.2 Å². The van der Waals surface area contributed by atoms with Crippen LogP contribution < -0.4 is 5.73 Å². The van der Waals surface area contributed by atoms with E-state index >= 15 is 0 Å². The average molecular weight is 332 g/mol. The Morgan fingerprint density at radius 3 is 2.43 bits per heavy atom. The first kappa shape index (κ1) is 17.8. The van der Waals surface area contributed by atoms with Gasteiger partial charge in [-0.15, -0.1) is 0 Å². The first-order chi connectivity index (χ1) is 10.4. The number of nitrogens with two attached hydrogens (primary N) is 1. The number of likely N-dealkylation sites (tertiary alicyclic amines) is 1. The molecule has 1 saturated heterocycles. The van der Waals surface area contributed by atoms with E-state index in [9.17, 15) is 18.0 Å². The smallest absolute Gasteiger partial charge is 0.338 e. The molecule has 1 unspecified atom stereocenters. The van der Waals surface area contributed by atoms with Gasteiger partial charge < -0.3 is 10.6 Å². The van der Waals surface area contributed by atoms with E-state index in [-0.39, 0.29) is 5.41 Å². The van der Waals surface area contributed by atoms with Gasteiger partial charge in [0.2, 0.25) is 0 Å². The molecule has 5 nitrogen and oxygen atoms in total. The second-order valence-corrected chi connectivity index (χ2v) is 7.48. The van der Waals surface area contributed by atoms with Gasteiger partial charge in [-0.05, 0) is 39.2 Å². The summed E-state index contributed by atoms with van der Waals surface area (Å²) in [7, 11) is 0. The Kier molecular flexibility index (Phi) is 4.26. The van der Waals surface area contributed by atoms with Gasteiger partial charge in [0, 0.05) is 13.1 Å². The van der Waals surface area contributed by atoms with Gasteiger partial charge in [0.05, 0.1) is 17.3 Å². The van der Waals surface area contributed by atoms with Crippen LogP contribution in [0.2, 0.25) is 0 Å². The molecule has 0 radical (unpaired) electrons. The van der Waals surface area contributed by atoms with Gasteiger partial charge in [-0.1, -0.05) is 6.92 Å². The molecule has 0 bridgehead atoms. The summed E-state index contributed by atoms with van der Waals surface area (Å²) in [6.07, 6.45) is -2.94. The molecule has 2 heterocycles. The predicted octanol–water partition coefficient (Wildman–Crippen LogP) is 2.47. The van der Waals surface area contributed by atoms with Crippen LogP contribution >= 0.6 is 0 Å². The second-order valence-electron chi connectivity index (χ2n) is 7.48. The molecule has 130 valence electrons. The molecule has 1 fully saturated rings. The highest BCUT2D eigenvalue weighted by atomic mass is 19.4. The minimum atomic E-state index is -4.65. The van der Waals surface area contributed by atoms with Gasteiger partial charge in [0.1, 0.15) is 0 Å². The summed E-state index contributed by atoms with van der Waals surface area (Å²) in [4.78, 5) is 14.0. The zero-order valence-electron chi connectivity index (χ0n) is 13.9. The predicted molar refractivity (Wildman–Crippen MR) is 79.9 cm³/mol. The van der Waals surface area contributed by atoms with E-state index in [0.29, 0.717) is 26.1 Å². The molecule has 1 atom stereocenters. The minimum Gasteiger partial charge on any atom is -0.338 e. The van der Waals surface area contributed by atoms with Crippen LogP contribution in [0.1, 0.15) is 50.2 Å². The lowest BCUT2D eigenvalue weighted by atomic mass is 9.90. The molecule has 2 rings (SSSR count). The maximum atomic E-state index is 13.5. The van der Waals surface area contributed by atoms with Crippen molar-refractivity contribution in [3.63, 3.8) is 0 Å². The fourth-order valence-electron chi connectivity index (χ4n) is 2.82. The first-order valence-electron chi connectivity index (χ1n) is 7.54. The molecule has 0 aliphatic carbocycles. The standard InChI is InChI=1S/C15H23F3N4O/c1-13(2,3)22-11(15(16,17)18)10(7-20-22)12(23)21-6-5-14(4,8-19)9-21/h7H,5-6,8-9,19H2,1-4H3. The number of aromatic nitrogens is 2. The van der Waals surface area contributed by atoms with Gasteiger partial charge in [0.15, 0.2) is 5.69 Å². The van der Waals surface area contributed by atoms with E-state index in [1.54, 1.807) is 20.8 Å². The van der Waals surface area contributed by atoms with E-state index in [2.05, 4.69) is 5.10 Å². The third-order valence-corrected chi connectivity index (χ3v) is 4.24. The van der Waals surface area contributed by atoms with Crippen molar-refractivity contribution in [3.8, 4) is 0 Å². The molecule has 0 saturated carbocycles. The summed E-state index contributed by atoms with van der Waals surface area (Å²) in [5, 5.41) is 3.83. The number of alkyl halides is 3. The van der Waals surface area contributed by atoms with Crippen molar-refractivity contribution < 1.29 is 18.0 Å². The fourth-order valence-corrected chi connectivity index (χ4v) is 2.82. The van der Waals surface area contributed by atoms with Gasteiger partial charge in [-0.3, -0.25) is 9.48 Å². The van der Waals surface area contributed by atoms with E-state index in [4.69, 9.17) is 5.73 Å². The number of hydrogen-bond donors (Lipinski definition) is 1. The maximum Gasteiger partial charge on any atom is 0.433 e. The number of amides is 1. The Morgan fingerprint density at radius 1 is 1.39 bits per heavy atom. The van der Waals surface area contributed by atoms with Crippen LogP contribution in [0.25, 0.3) is 0 Å². The Labute approximate surface area is 133 Å². The summed E-state index contributed by atoms with van der Waals surface area (Å²) in [5.74, 6) is -0.634. The van der Waals surface area contributed by atoms with Gasteiger partial charge in [-0.2, -0.15) is 18.3 Å². The summed E-state index contributed by atoms with van der Waals surface area (Å²) in [5.41, 5.74) is 3.19. The van der Waals surface area contributed by atoms with E-state index in [1.807, 2.05) is 6.92 Å². The maximum absolute atomic E-state index is 13.5. The van der Waals surface area contributed by atoms with E-state index in [1.165, 1.54) is 4.90 Å². The number of carbonyl (C=O) groups excluding carboxylic acids is 1. The quantitative estimate of drug-likeness (QED) is 0.905. The molecule has 2 N–H and O–H groups in total. The van der Waals surface area contributed by atoms with E-state index in [0.717, 1.165) is 10.9 Å². The molecule has 0 spiro atoms. The topological polar surface area (TPSA) is 64.2 Å². The molecule has 1 aromatic heterocycles. The van der Waals surface area contributed by atoms with Crippen molar-refractivity contribution in [1.29, 1.82) is 0 Å². The second kappa shape index (κ2) is 5.51. The zero-order chi connectivity index (χ0) is 17.6. The summed E-state index contributed by atoms with van der Waals surface area (Å²) in [6.45, 7) is 7.94. The average Bonchev–Trinajstić information content (AvgIpc) is 3.01. The number of hydrogen-bond acceptors (Lipinski definition) is 3. The highest BCUT2D eigenvalue weighted by Crippen LogP contribution is 2.37. The SMILES string of the molecule is CC1(CN)CCN(C(=O)c2cnn(C(C)(C)C)c2C(F)(F)F)C1. The Balaban J connectivity index is 2.41. The minimum absolute atomic E-state index is 0.242. The van der Waals surface area contributed by atoms with Crippen molar-refractivity contribution >= 4 is 5.91 Å². The van der Waals surface area contributed by atoms with Crippen LogP contribution in [0.15, 0.2) is 6.20 Å². The lowest BCUT2D eigenvalue weighted by Crippen LogP contribution is -2.36. The van der Waals surface area contributed by atoms with Crippen molar-refractivity contribution in [1.82, 2.24) is 14.7 Å². The molecular formula is C15H23F3N4O. The van der Waals surface area contributed by atoms with Crippen molar-refractivity contribution in [2.75, 3.05) is 19.6 Å². The summed E-state index contributed by atoms with van der Waals surface area (Å²) < 4.78 is 41.3. The van der Waals surface area contributed by atoms with Gasteiger partial charge in [0.25, 0.3) is 5.91 Å². The highest BCUT2D eigenvalue weighted by molar-refractivity contribution is 5.95. The number of rotatable bonds is 2. The molecular weight excluding hydrogens is 309 g/mol. The van der Waals surface area contributed by atoms with Crippen molar-refractivity contribution in [2.24, 2.45) is 11.1 Å². The summed E-state index contributed by atoms with van der Waals surface area (Å²) >= 11 is 0. The van der Waals surface area contributed by atoms with E-state index < -0.39 is 28.9 Å². The van der Waals surface area contributed by atoms with Crippen molar-refractivity contribution in [3.05, 3.63) is 17.5 Å². The lowest BCUT2D eigenvalue weighted by molar-refractivity contribution is -0.146. The Hall–Kier alpha value is -1.57. The van der Waals surface area contributed by atoms with Crippen LogP contribution in [0, 0.1) is 5.41 Å². The molecule has 8 heteroatoms. The molecule has 1 aliphatic heterocycles. The largest absolute Gasteiger partial charge is 0.433 e. The highest BCUT2D eigenvalue weighted by Gasteiger charge is 2.44. The normalized spacial score (nSPS) is 22.7. The zero-order valence-corrected chi connectivity index (χ0v) is 13.9. The molecule has 0 aromatic carbocycles. The monoisotopic (exact) mass is 332 g/mol. The Morgan fingerprint density at radius 2 is 2.00 bits per heavy atom. The van der Waals surface area contributed by atoms with Crippen LogP contribution in [0.5, 0.6) is 0 Å². The third-order valence-electron chi connectivity index (χ3n) is 4.24. The first-order valence-corrected chi connectivity index (χ1v) is 7.54. The molecule has 23 heavy (non-hydrogen) atoms. The van der Waals surface area contributed by atoms with Crippen LogP contribution in [0.3, 0.4) is 0 Å². The number of nitrogens with zero attached hydrogens (tertiary/aromatic N) is 3. The Bertz CT molecular complexity index is 603. The molecule has 1 amide bonds.